The number of carbonyl (C=O) groups excluding carboxylic acids is 2. The Labute approximate surface area is 157 Å². The Morgan fingerprint density at radius 1 is 1.14 bits per heavy atom. The second kappa shape index (κ2) is 7.84. The molecule has 10 heteroatoms. The van der Waals surface area contributed by atoms with E-state index >= 15 is 0 Å². The lowest BCUT2D eigenvalue weighted by Crippen LogP contribution is -2.34. The maximum absolute atomic E-state index is 13.0. The minimum Gasteiger partial charge on any atom is -0.457 e. The zero-order valence-electron chi connectivity index (χ0n) is 14.3. The molecule has 1 heterocycles. The fourth-order valence-electron chi connectivity index (χ4n) is 2.52. The highest BCUT2D eigenvalue weighted by atomic mass is 19.1. The molecular weight excluding hydrogens is 373 g/mol. The number of aliphatic hydroxyl groups excluding tert-OH is 1. The number of non-ortho nitro benzene ring substituents is 1. The number of β-amino-alcohol motifs (C(OH)–C–C–N with tert-alkyl or cyclic N) is 1. The Balaban J connectivity index is 1.86. The number of nitrogens with zero attached hydrogens (tertiary/aromatic N) is 2. The second-order valence-corrected chi connectivity index (χ2v) is 5.73. The van der Waals surface area contributed by atoms with Gasteiger partial charge in [-0.1, -0.05) is 0 Å². The third kappa shape index (κ3) is 4.13. The van der Waals surface area contributed by atoms with Crippen LogP contribution in [0.15, 0.2) is 54.2 Å². The molecule has 9 nitrogen and oxygen atoms in total. The number of nitro benzene ring substituents is 1. The summed E-state index contributed by atoms with van der Waals surface area (Å²) in [6, 6.07) is 8.80. The summed E-state index contributed by atoms with van der Waals surface area (Å²) in [6.07, 6.45) is 1.04. The minimum atomic E-state index is -0.661. The number of hydrogen-bond acceptors (Lipinski definition) is 7. The number of anilines is 1. The molecule has 1 aliphatic heterocycles. The van der Waals surface area contributed by atoms with Crippen LogP contribution < -0.4 is 10.1 Å². The van der Waals surface area contributed by atoms with Gasteiger partial charge in [0.1, 0.15) is 23.0 Å². The molecule has 28 heavy (non-hydrogen) atoms. The number of halogens is 1. The number of nitro groups is 1. The Hall–Kier alpha value is -3.79. The van der Waals surface area contributed by atoms with E-state index in [0.29, 0.717) is 0 Å². The molecule has 0 fully saturated rings. The van der Waals surface area contributed by atoms with E-state index < -0.39 is 22.6 Å². The van der Waals surface area contributed by atoms with E-state index in [4.69, 9.17) is 9.84 Å². The van der Waals surface area contributed by atoms with Crippen LogP contribution in [-0.2, 0) is 9.59 Å². The average Bonchev–Trinajstić information content (AvgIpc) is 2.91. The van der Waals surface area contributed by atoms with Crippen molar-refractivity contribution in [1.82, 2.24) is 4.90 Å². The van der Waals surface area contributed by atoms with Crippen LogP contribution in [0, 0.1) is 15.9 Å². The monoisotopic (exact) mass is 387 g/mol. The SMILES string of the molecule is O=C1C=C(Nc2cc(Oc3ccc(F)cc3)cc([N+](=O)[O-])c2)C(=O)N1CCO. The predicted octanol–water partition coefficient (Wildman–Crippen LogP) is 2.18. The largest absolute Gasteiger partial charge is 0.457 e. The Morgan fingerprint density at radius 2 is 1.86 bits per heavy atom. The molecule has 2 aromatic carbocycles. The van der Waals surface area contributed by atoms with Crippen LogP contribution in [0.4, 0.5) is 15.8 Å². The number of hydrogen-bond donors (Lipinski definition) is 2. The number of rotatable bonds is 7. The van der Waals surface area contributed by atoms with Gasteiger partial charge in [-0.2, -0.15) is 0 Å². The highest BCUT2D eigenvalue weighted by Crippen LogP contribution is 2.31. The van der Waals surface area contributed by atoms with Gasteiger partial charge in [0.25, 0.3) is 17.5 Å². The van der Waals surface area contributed by atoms with E-state index in [1.807, 2.05) is 0 Å². The van der Waals surface area contributed by atoms with Crippen molar-refractivity contribution in [3.63, 3.8) is 0 Å². The fourth-order valence-corrected chi connectivity index (χ4v) is 2.52. The quantitative estimate of drug-likeness (QED) is 0.424. The third-order valence-electron chi connectivity index (χ3n) is 3.76. The molecule has 0 aromatic heterocycles. The Bertz CT molecular complexity index is 974. The van der Waals surface area contributed by atoms with E-state index in [2.05, 4.69) is 5.32 Å². The standard InChI is InChI=1S/C18H14FN3O6/c19-11-1-3-14(4-2-11)28-15-8-12(7-13(9-15)22(26)27)20-16-10-17(24)21(5-6-23)18(16)25/h1-4,7-10,20,23H,5-6H2. The molecule has 0 spiro atoms. The Morgan fingerprint density at radius 3 is 2.50 bits per heavy atom. The average molecular weight is 387 g/mol. The molecule has 2 amide bonds. The summed E-state index contributed by atoms with van der Waals surface area (Å²) in [4.78, 5) is 35.4. The van der Waals surface area contributed by atoms with Crippen molar-refractivity contribution in [3.05, 3.63) is 70.2 Å². The molecule has 0 bridgehead atoms. The first-order valence-electron chi connectivity index (χ1n) is 8.05. The summed E-state index contributed by atoms with van der Waals surface area (Å²) in [5.74, 6) is -1.39. The lowest BCUT2D eigenvalue weighted by atomic mass is 10.2. The summed E-state index contributed by atoms with van der Waals surface area (Å²) in [5.41, 5.74) is -0.261. The molecule has 0 saturated heterocycles. The Kier molecular flexibility index (Phi) is 5.32. The summed E-state index contributed by atoms with van der Waals surface area (Å²) >= 11 is 0. The fraction of sp³-hybridized carbons (Fsp3) is 0.111. The molecule has 0 unspecified atom stereocenters. The van der Waals surface area contributed by atoms with Crippen LogP contribution in [0.3, 0.4) is 0 Å². The normalized spacial score (nSPS) is 13.5. The van der Waals surface area contributed by atoms with Crippen molar-refractivity contribution < 1.29 is 28.7 Å². The first kappa shape index (κ1) is 19.0. The van der Waals surface area contributed by atoms with Crippen molar-refractivity contribution in [1.29, 1.82) is 0 Å². The summed E-state index contributed by atoms with van der Waals surface area (Å²) in [7, 11) is 0. The predicted molar refractivity (Wildman–Crippen MR) is 95.1 cm³/mol. The molecule has 144 valence electrons. The van der Waals surface area contributed by atoms with Gasteiger partial charge in [0, 0.05) is 23.9 Å². The summed E-state index contributed by atoms with van der Waals surface area (Å²) in [5, 5.41) is 22.8. The van der Waals surface area contributed by atoms with Crippen LogP contribution in [0.1, 0.15) is 0 Å². The maximum Gasteiger partial charge on any atom is 0.277 e. The van der Waals surface area contributed by atoms with Gasteiger partial charge in [-0.05, 0) is 24.3 Å². The summed E-state index contributed by atoms with van der Waals surface area (Å²) < 4.78 is 18.5. The van der Waals surface area contributed by atoms with Crippen molar-refractivity contribution in [2.45, 2.75) is 0 Å². The van der Waals surface area contributed by atoms with Crippen molar-refractivity contribution in [3.8, 4) is 11.5 Å². The van der Waals surface area contributed by atoms with E-state index in [-0.39, 0.29) is 41.7 Å². The van der Waals surface area contributed by atoms with Crippen LogP contribution in [0.5, 0.6) is 11.5 Å². The molecular formula is C18H14FN3O6. The number of nitrogens with one attached hydrogen (secondary N) is 1. The number of carbonyl (C=O) groups is 2. The van der Waals surface area contributed by atoms with Crippen LogP contribution in [0.25, 0.3) is 0 Å². The smallest absolute Gasteiger partial charge is 0.277 e. The number of ether oxygens (including phenoxy) is 1. The molecule has 0 aliphatic carbocycles. The van der Waals surface area contributed by atoms with Crippen LogP contribution >= 0.6 is 0 Å². The third-order valence-corrected chi connectivity index (χ3v) is 3.76. The van der Waals surface area contributed by atoms with Crippen LogP contribution in [-0.4, -0.2) is 39.9 Å². The van der Waals surface area contributed by atoms with E-state index in [1.165, 1.54) is 42.5 Å². The van der Waals surface area contributed by atoms with Crippen LogP contribution in [0.2, 0.25) is 0 Å². The molecule has 2 aromatic rings. The number of benzene rings is 2. The number of imide groups is 1. The lowest BCUT2D eigenvalue weighted by molar-refractivity contribution is -0.384. The number of aliphatic hydroxyl groups is 1. The highest BCUT2D eigenvalue weighted by molar-refractivity contribution is 6.17. The molecule has 3 rings (SSSR count). The minimum absolute atomic E-state index is 0.0768. The highest BCUT2D eigenvalue weighted by Gasteiger charge is 2.30. The van der Waals surface area contributed by atoms with Gasteiger partial charge in [0.2, 0.25) is 0 Å². The topological polar surface area (TPSA) is 122 Å². The molecule has 1 aliphatic rings. The molecule has 0 radical (unpaired) electrons. The van der Waals surface area contributed by atoms with Gasteiger partial charge in [-0.3, -0.25) is 24.6 Å². The van der Waals surface area contributed by atoms with Crippen molar-refractivity contribution in [2.75, 3.05) is 18.5 Å². The van der Waals surface area contributed by atoms with Gasteiger partial charge in [-0.25, -0.2) is 4.39 Å². The van der Waals surface area contributed by atoms with Gasteiger partial charge >= 0.3 is 0 Å². The molecule has 0 saturated carbocycles. The molecule has 0 atom stereocenters. The lowest BCUT2D eigenvalue weighted by Gasteiger charge is -2.14. The zero-order chi connectivity index (χ0) is 20.3. The van der Waals surface area contributed by atoms with Gasteiger partial charge in [0.05, 0.1) is 24.1 Å². The van der Waals surface area contributed by atoms with E-state index in [9.17, 15) is 24.1 Å². The van der Waals surface area contributed by atoms with Gasteiger partial charge < -0.3 is 15.2 Å². The van der Waals surface area contributed by atoms with E-state index in [1.54, 1.807) is 0 Å². The van der Waals surface area contributed by atoms with Gasteiger partial charge in [0.15, 0.2) is 0 Å². The first-order chi connectivity index (χ1) is 13.4. The molecule has 2 N–H and O–H groups in total. The van der Waals surface area contributed by atoms with E-state index in [0.717, 1.165) is 11.0 Å². The summed E-state index contributed by atoms with van der Waals surface area (Å²) in [6.45, 7) is -0.543. The maximum atomic E-state index is 13.0. The van der Waals surface area contributed by atoms with Crippen molar-refractivity contribution in [2.24, 2.45) is 0 Å². The van der Waals surface area contributed by atoms with Crippen molar-refractivity contribution >= 4 is 23.2 Å². The second-order valence-electron chi connectivity index (χ2n) is 5.73. The number of amides is 2. The zero-order valence-corrected chi connectivity index (χ0v) is 14.3. The first-order valence-corrected chi connectivity index (χ1v) is 8.05. The van der Waals surface area contributed by atoms with Gasteiger partial charge in [-0.15, -0.1) is 0 Å².